The van der Waals surface area contributed by atoms with Gasteiger partial charge in [0.05, 0.1) is 0 Å². The van der Waals surface area contributed by atoms with Crippen molar-refractivity contribution < 1.29 is 4.39 Å². The van der Waals surface area contributed by atoms with Crippen molar-refractivity contribution in [2.45, 2.75) is 47.1 Å². The van der Waals surface area contributed by atoms with Gasteiger partial charge in [-0.25, -0.2) is 4.39 Å². The van der Waals surface area contributed by atoms with E-state index in [1.165, 1.54) is 0 Å². The van der Waals surface area contributed by atoms with Crippen LogP contribution in [0.15, 0.2) is 18.2 Å². The van der Waals surface area contributed by atoms with Gasteiger partial charge in [0.25, 0.3) is 0 Å². The average Bonchev–Trinajstić information content (AvgIpc) is 2.19. The fourth-order valence-electron chi connectivity index (χ4n) is 2.08. The first kappa shape index (κ1) is 14.2. The summed E-state index contributed by atoms with van der Waals surface area (Å²) < 4.78 is 13.9. The van der Waals surface area contributed by atoms with E-state index in [0.29, 0.717) is 0 Å². The molecule has 0 aliphatic heterocycles. The van der Waals surface area contributed by atoms with Crippen LogP contribution < -0.4 is 5.32 Å². The summed E-state index contributed by atoms with van der Waals surface area (Å²) in [6.45, 7) is 11.5. The average molecular weight is 237 g/mol. The SMILES string of the molecule is CCNC(CC(C)(C)C)c1cc(C)ccc1F. The summed E-state index contributed by atoms with van der Waals surface area (Å²) in [4.78, 5) is 0. The summed E-state index contributed by atoms with van der Waals surface area (Å²) in [6.07, 6.45) is 0.932. The Morgan fingerprint density at radius 1 is 1.29 bits per heavy atom. The number of halogens is 1. The Balaban J connectivity index is 3.00. The molecule has 0 aliphatic carbocycles. The maximum absolute atomic E-state index is 13.9. The molecule has 0 heterocycles. The van der Waals surface area contributed by atoms with Gasteiger partial charge in [-0.2, -0.15) is 0 Å². The third-order valence-corrected chi connectivity index (χ3v) is 2.79. The van der Waals surface area contributed by atoms with E-state index in [2.05, 4.69) is 33.0 Å². The number of aryl methyl sites for hydroxylation is 1. The second-order valence-corrected chi connectivity index (χ2v) is 5.90. The molecule has 0 radical (unpaired) electrons. The first-order valence-electron chi connectivity index (χ1n) is 6.33. The quantitative estimate of drug-likeness (QED) is 0.826. The van der Waals surface area contributed by atoms with Crippen molar-refractivity contribution in [1.29, 1.82) is 0 Å². The summed E-state index contributed by atoms with van der Waals surface area (Å²) in [7, 11) is 0. The molecule has 0 fully saturated rings. The first-order chi connectivity index (χ1) is 7.83. The Hall–Kier alpha value is -0.890. The molecule has 0 aromatic heterocycles. The van der Waals surface area contributed by atoms with Crippen molar-refractivity contribution >= 4 is 0 Å². The molecule has 1 unspecified atom stereocenters. The lowest BCUT2D eigenvalue weighted by Crippen LogP contribution is -2.26. The molecule has 1 N–H and O–H groups in total. The van der Waals surface area contributed by atoms with Crippen molar-refractivity contribution in [2.24, 2.45) is 5.41 Å². The summed E-state index contributed by atoms with van der Waals surface area (Å²) in [5.41, 5.74) is 2.09. The Bertz CT molecular complexity index is 366. The van der Waals surface area contributed by atoms with Crippen LogP contribution in [0, 0.1) is 18.2 Å². The van der Waals surface area contributed by atoms with Crippen molar-refractivity contribution in [2.75, 3.05) is 6.54 Å². The zero-order valence-electron chi connectivity index (χ0n) is 11.6. The lowest BCUT2D eigenvalue weighted by Gasteiger charge is -2.27. The van der Waals surface area contributed by atoms with Crippen molar-refractivity contribution in [3.63, 3.8) is 0 Å². The standard InChI is InChI=1S/C15H24FN/c1-6-17-14(10-15(3,4)5)12-9-11(2)7-8-13(12)16/h7-9,14,17H,6,10H2,1-5H3. The molecule has 0 aliphatic rings. The topological polar surface area (TPSA) is 12.0 Å². The fraction of sp³-hybridized carbons (Fsp3) is 0.600. The molecule has 1 rings (SSSR count). The van der Waals surface area contributed by atoms with E-state index in [9.17, 15) is 4.39 Å². The van der Waals surface area contributed by atoms with Crippen LogP contribution in [0.1, 0.15) is 51.3 Å². The molecular formula is C15H24FN. The van der Waals surface area contributed by atoms with Crippen molar-refractivity contribution in [3.8, 4) is 0 Å². The van der Waals surface area contributed by atoms with Gasteiger partial charge in [-0.15, -0.1) is 0 Å². The van der Waals surface area contributed by atoms with Crippen LogP contribution in [0.25, 0.3) is 0 Å². The molecule has 0 amide bonds. The van der Waals surface area contributed by atoms with E-state index >= 15 is 0 Å². The van der Waals surface area contributed by atoms with Gasteiger partial charge in [-0.05, 0) is 31.4 Å². The van der Waals surface area contributed by atoms with Crippen molar-refractivity contribution in [3.05, 3.63) is 35.1 Å². The second kappa shape index (κ2) is 5.63. The Kier molecular flexibility index (Phi) is 4.70. The monoisotopic (exact) mass is 237 g/mol. The third kappa shape index (κ3) is 4.47. The third-order valence-electron chi connectivity index (χ3n) is 2.79. The fourth-order valence-corrected chi connectivity index (χ4v) is 2.08. The Labute approximate surface area is 104 Å². The largest absolute Gasteiger partial charge is 0.310 e. The van der Waals surface area contributed by atoms with Crippen LogP contribution in [-0.2, 0) is 0 Å². The maximum Gasteiger partial charge on any atom is 0.127 e. The van der Waals surface area contributed by atoms with E-state index in [-0.39, 0.29) is 17.3 Å². The molecule has 1 nitrogen and oxygen atoms in total. The van der Waals surface area contributed by atoms with Gasteiger partial charge in [0.1, 0.15) is 5.82 Å². The number of nitrogens with one attached hydrogen (secondary N) is 1. The molecule has 2 heteroatoms. The highest BCUT2D eigenvalue weighted by molar-refractivity contribution is 5.27. The van der Waals surface area contributed by atoms with Crippen LogP contribution in [0.5, 0.6) is 0 Å². The molecule has 0 spiro atoms. The highest BCUT2D eigenvalue weighted by Crippen LogP contribution is 2.31. The van der Waals surface area contributed by atoms with E-state index in [4.69, 9.17) is 0 Å². The maximum atomic E-state index is 13.9. The number of hydrogen-bond donors (Lipinski definition) is 1. The zero-order chi connectivity index (χ0) is 13.1. The molecule has 0 bridgehead atoms. The summed E-state index contributed by atoms with van der Waals surface area (Å²) in [5, 5.41) is 3.38. The highest BCUT2D eigenvalue weighted by atomic mass is 19.1. The molecule has 96 valence electrons. The van der Waals surface area contributed by atoms with Crippen molar-refractivity contribution in [1.82, 2.24) is 5.32 Å². The minimum atomic E-state index is -0.106. The molecule has 0 saturated carbocycles. The summed E-state index contributed by atoms with van der Waals surface area (Å²) in [6, 6.07) is 5.44. The lowest BCUT2D eigenvalue weighted by atomic mass is 9.85. The predicted octanol–water partition coefficient (Wildman–Crippen LogP) is 4.22. The molecule has 1 aromatic carbocycles. The summed E-state index contributed by atoms with van der Waals surface area (Å²) >= 11 is 0. The van der Waals surface area contributed by atoms with Crippen LogP contribution in [-0.4, -0.2) is 6.54 Å². The van der Waals surface area contributed by atoms with E-state index in [1.807, 2.05) is 19.1 Å². The zero-order valence-corrected chi connectivity index (χ0v) is 11.6. The molecule has 1 aromatic rings. The first-order valence-corrected chi connectivity index (χ1v) is 6.33. The van der Waals surface area contributed by atoms with E-state index < -0.39 is 0 Å². The summed E-state index contributed by atoms with van der Waals surface area (Å²) in [5.74, 6) is -0.106. The predicted molar refractivity (Wildman–Crippen MR) is 71.6 cm³/mol. The van der Waals surface area contributed by atoms with Gasteiger partial charge in [0.15, 0.2) is 0 Å². The van der Waals surface area contributed by atoms with Crippen LogP contribution >= 0.6 is 0 Å². The normalized spacial score (nSPS) is 13.8. The van der Waals surface area contributed by atoms with Gasteiger partial charge in [-0.1, -0.05) is 45.4 Å². The van der Waals surface area contributed by atoms with Crippen LogP contribution in [0.4, 0.5) is 4.39 Å². The smallest absolute Gasteiger partial charge is 0.127 e. The molecule has 0 saturated heterocycles. The van der Waals surface area contributed by atoms with E-state index in [1.54, 1.807) is 6.07 Å². The van der Waals surface area contributed by atoms with Gasteiger partial charge in [-0.3, -0.25) is 0 Å². The minimum Gasteiger partial charge on any atom is -0.310 e. The molecular weight excluding hydrogens is 213 g/mol. The van der Waals surface area contributed by atoms with Gasteiger partial charge < -0.3 is 5.32 Å². The number of hydrogen-bond acceptors (Lipinski definition) is 1. The van der Waals surface area contributed by atoms with Crippen LogP contribution in [0.2, 0.25) is 0 Å². The number of benzene rings is 1. The van der Waals surface area contributed by atoms with Gasteiger partial charge in [0, 0.05) is 11.6 Å². The molecule has 1 atom stereocenters. The van der Waals surface area contributed by atoms with E-state index in [0.717, 1.165) is 24.1 Å². The minimum absolute atomic E-state index is 0.0971. The van der Waals surface area contributed by atoms with Gasteiger partial charge in [0.2, 0.25) is 0 Å². The molecule has 17 heavy (non-hydrogen) atoms. The Morgan fingerprint density at radius 3 is 2.47 bits per heavy atom. The van der Waals surface area contributed by atoms with Gasteiger partial charge >= 0.3 is 0 Å². The Morgan fingerprint density at radius 2 is 1.94 bits per heavy atom. The lowest BCUT2D eigenvalue weighted by molar-refractivity contribution is 0.309. The van der Waals surface area contributed by atoms with Crippen LogP contribution in [0.3, 0.4) is 0 Å². The number of rotatable bonds is 4. The highest BCUT2D eigenvalue weighted by Gasteiger charge is 2.21. The second-order valence-electron chi connectivity index (χ2n) is 5.90.